The molecular formula is C11H16N4O. The summed E-state index contributed by atoms with van der Waals surface area (Å²) in [7, 11) is 0. The van der Waals surface area contributed by atoms with Crippen molar-refractivity contribution in [1.82, 2.24) is 15.1 Å². The second-order valence-electron chi connectivity index (χ2n) is 4.80. The van der Waals surface area contributed by atoms with Crippen LogP contribution in [0.4, 0.5) is 0 Å². The normalized spacial score (nSPS) is 33.1. The molecule has 1 aromatic rings. The Balaban J connectivity index is 1.84. The van der Waals surface area contributed by atoms with E-state index in [-0.39, 0.29) is 11.9 Å². The first-order chi connectivity index (χ1) is 7.75. The molecule has 86 valence electrons. The third-order valence-electron chi connectivity index (χ3n) is 3.74. The van der Waals surface area contributed by atoms with Crippen LogP contribution in [0, 0.1) is 0 Å². The molecule has 2 atom stereocenters. The molecule has 3 rings (SSSR count). The molecule has 2 bridgehead atoms. The van der Waals surface area contributed by atoms with Crippen molar-refractivity contribution in [2.24, 2.45) is 5.73 Å². The number of carbonyl (C=O) groups excluding carboxylic acids is 1. The molecule has 0 radical (unpaired) electrons. The number of aromatic nitrogens is 2. The monoisotopic (exact) mass is 220 g/mol. The summed E-state index contributed by atoms with van der Waals surface area (Å²) in [6, 6.07) is 2.67. The maximum absolute atomic E-state index is 12.2. The fourth-order valence-corrected chi connectivity index (χ4v) is 3.06. The first-order valence-corrected chi connectivity index (χ1v) is 5.83. The third-order valence-corrected chi connectivity index (χ3v) is 3.74. The Morgan fingerprint density at radius 3 is 2.69 bits per heavy atom. The van der Waals surface area contributed by atoms with Gasteiger partial charge >= 0.3 is 0 Å². The third kappa shape index (κ3) is 1.43. The molecule has 3 heterocycles. The van der Waals surface area contributed by atoms with Crippen LogP contribution in [0.5, 0.6) is 0 Å². The number of amides is 1. The van der Waals surface area contributed by atoms with E-state index in [9.17, 15) is 4.79 Å². The highest BCUT2D eigenvalue weighted by Gasteiger charge is 2.42. The van der Waals surface area contributed by atoms with Crippen LogP contribution in [0.15, 0.2) is 12.3 Å². The number of nitrogens with zero attached hydrogens (tertiary/aromatic N) is 2. The molecule has 1 aromatic heterocycles. The smallest absolute Gasteiger partial charge is 0.272 e. The van der Waals surface area contributed by atoms with E-state index in [1.807, 2.05) is 4.90 Å². The summed E-state index contributed by atoms with van der Waals surface area (Å²) in [4.78, 5) is 14.3. The summed E-state index contributed by atoms with van der Waals surface area (Å²) >= 11 is 0. The van der Waals surface area contributed by atoms with Crippen LogP contribution >= 0.6 is 0 Å². The van der Waals surface area contributed by atoms with Gasteiger partial charge < -0.3 is 10.6 Å². The van der Waals surface area contributed by atoms with E-state index in [4.69, 9.17) is 5.73 Å². The highest BCUT2D eigenvalue weighted by atomic mass is 16.2. The summed E-state index contributed by atoms with van der Waals surface area (Å²) in [5, 5.41) is 6.57. The Morgan fingerprint density at radius 1 is 1.44 bits per heavy atom. The van der Waals surface area contributed by atoms with E-state index in [0.717, 1.165) is 25.7 Å². The van der Waals surface area contributed by atoms with Crippen molar-refractivity contribution in [1.29, 1.82) is 0 Å². The van der Waals surface area contributed by atoms with Gasteiger partial charge in [-0.3, -0.25) is 9.89 Å². The van der Waals surface area contributed by atoms with Crippen molar-refractivity contribution in [3.8, 4) is 0 Å². The lowest BCUT2D eigenvalue weighted by Crippen LogP contribution is -2.50. The number of carbonyl (C=O) groups is 1. The highest BCUT2D eigenvalue weighted by molar-refractivity contribution is 5.92. The average molecular weight is 220 g/mol. The summed E-state index contributed by atoms with van der Waals surface area (Å²) in [6.45, 7) is 0. The number of rotatable bonds is 1. The largest absolute Gasteiger partial charge is 0.331 e. The van der Waals surface area contributed by atoms with Crippen molar-refractivity contribution < 1.29 is 4.79 Å². The highest BCUT2D eigenvalue weighted by Crippen LogP contribution is 2.35. The molecule has 2 aliphatic rings. The van der Waals surface area contributed by atoms with Gasteiger partial charge in [-0.05, 0) is 31.7 Å². The Bertz CT molecular complexity index is 375. The molecule has 0 spiro atoms. The number of hydrogen-bond acceptors (Lipinski definition) is 3. The van der Waals surface area contributed by atoms with Crippen LogP contribution in [0.2, 0.25) is 0 Å². The molecule has 2 saturated heterocycles. The number of aromatic amines is 1. The van der Waals surface area contributed by atoms with E-state index >= 15 is 0 Å². The SMILES string of the molecule is NC1CC2CCC(C1)N2C(=O)c1ccn[nH]1. The topological polar surface area (TPSA) is 75.0 Å². The van der Waals surface area contributed by atoms with Crippen molar-refractivity contribution >= 4 is 5.91 Å². The van der Waals surface area contributed by atoms with Gasteiger partial charge in [0.25, 0.3) is 5.91 Å². The van der Waals surface area contributed by atoms with Crippen LogP contribution in [0.3, 0.4) is 0 Å². The van der Waals surface area contributed by atoms with Gasteiger partial charge in [0.2, 0.25) is 0 Å². The van der Waals surface area contributed by atoms with Crippen LogP contribution in [-0.2, 0) is 0 Å². The van der Waals surface area contributed by atoms with Crippen molar-refractivity contribution in [2.45, 2.75) is 43.8 Å². The van der Waals surface area contributed by atoms with Gasteiger partial charge in [-0.2, -0.15) is 5.10 Å². The predicted molar refractivity (Wildman–Crippen MR) is 58.8 cm³/mol. The number of nitrogens with two attached hydrogens (primary N) is 1. The number of nitrogens with one attached hydrogen (secondary N) is 1. The van der Waals surface area contributed by atoms with E-state index < -0.39 is 0 Å². The number of fused-ring (bicyclic) bond motifs is 2. The molecular weight excluding hydrogens is 204 g/mol. The van der Waals surface area contributed by atoms with Gasteiger partial charge in [0.15, 0.2) is 0 Å². The Hall–Kier alpha value is -1.36. The molecule has 5 nitrogen and oxygen atoms in total. The maximum Gasteiger partial charge on any atom is 0.272 e. The molecule has 16 heavy (non-hydrogen) atoms. The first kappa shape index (κ1) is 9.84. The lowest BCUT2D eigenvalue weighted by Gasteiger charge is -2.37. The van der Waals surface area contributed by atoms with Crippen molar-refractivity contribution in [2.75, 3.05) is 0 Å². The zero-order chi connectivity index (χ0) is 11.1. The van der Waals surface area contributed by atoms with E-state index in [2.05, 4.69) is 10.2 Å². The zero-order valence-electron chi connectivity index (χ0n) is 9.10. The minimum absolute atomic E-state index is 0.0805. The minimum Gasteiger partial charge on any atom is -0.331 e. The fraction of sp³-hybridized carbons (Fsp3) is 0.636. The molecule has 1 amide bonds. The average Bonchev–Trinajstić information content (AvgIpc) is 2.85. The van der Waals surface area contributed by atoms with Gasteiger partial charge in [-0.1, -0.05) is 0 Å². The lowest BCUT2D eigenvalue weighted by molar-refractivity contribution is 0.0569. The molecule has 3 N–H and O–H groups in total. The maximum atomic E-state index is 12.2. The molecule has 0 saturated carbocycles. The Kier molecular flexibility index (Phi) is 2.21. The summed E-state index contributed by atoms with van der Waals surface area (Å²) < 4.78 is 0. The Morgan fingerprint density at radius 2 is 2.12 bits per heavy atom. The Labute approximate surface area is 94.0 Å². The number of hydrogen-bond donors (Lipinski definition) is 2. The standard InChI is InChI=1S/C11H16N4O/c12-7-5-8-1-2-9(6-7)15(8)11(16)10-3-4-13-14-10/h3-4,7-9H,1-2,5-6,12H2,(H,13,14). The van der Waals surface area contributed by atoms with Crippen molar-refractivity contribution in [3.05, 3.63) is 18.0 Å². The van der Waals surface area contributed by atoms with E-state index in [1.54, 1.807) is 12.3 Å². The summed E-state index contributed by atoms with van der Waals surface area (Å²) in [5.74, 6) is 0.0805. The lowest BCUT2D eigenvalue weighted by atomic mass is 9.98. The molecule has 2 fully saturated rings. The summed E-state index contributed by atoms with van der Waals surface area (Å²) in [6.07, 6.45) is 5.69. The second-order valence-corrected chi connectivity index (χ2v) is 4.80. The molecule has 5 heteroatoms. The van der Waals surface area contributed by atoms with E-state index in [0.29, 0.717) is 17.8 Å². The van der Waals surface area contributed by atoms with Crippen LogP contribution < -0.4 is 5.73 Å². The molecule has 2 aliphatic heterocycles. The minimum atomic E-state index is 0.0805. The van der Waals surface area contributed by atoms with Crippen molar-refractivity contribution in [3.63, 3.8) is 0 Å². The fourth-order valence-electron chi connectivity index (χ4n) is 3.06. The van der Waals surface area contributed by atoms with Gasteiger partial charge in [-0.25, -0.2) is 0 Å². The first-order valence-electron chi connectivity index (χ1n) is 5.83. The number of H-pyrrole nitrogens is 1. The van der Waals surface area contributed by atoms with Gasteiger partial charge in [0.1, 0.15) is 5.69 Å². The summed E-state index contributed by atoms with van der Waals surface area (Å²) in [5.41, 5.74) is 6.57. The van der Waals surface area contributed by atoms with E-state index in [1.165, 1.54) is 0 Å². The molecule has 2 unspecified atom stereocenters. The van der Waals surface area contributed by atoms with Crippen LogP contribution in [0.25, 0.3) is 0 Å². The number of piperidine rings is 1. The van der Waals surface area contributed by atoms with Crippen LogP contribution in [-0.4, -0.2) is 39.1 Å². The van der Waals surface area contributed by atoms with Gasteiger partial charge in [-0.15, -0.1) is 0 Å². The quantitative estimate of drug-likeness (QED) is 0.724. The van der Waals surface area contributed by atoms with Gasteiger partial charge in [0, 0.05) is 24.3 Å². The van der Waals surface area contributed by atoms with Crippen LogP contribution in [0.1, 0.15) is 36.2 Å². The second kappa shape index (κ2) is 3.59. The zero-order valence-corrected chi connectivity index (χ0v) is 9.10. The predicted octanol–water partition coefficient (Wildman–Crippen LogP) is 0.504. The van der Waals surface area contributed by atoms with Gasteiger partial charge in [0.05, 0.1) is 0 Å². The molecule has 0 aliphatic carbocycles. The molecule has 0 aromatic carbocycles.